The van der Waals surface area contributed by atoms with Crippen LogP contribution in [0.25, 0.3) is 0 Å². The highest BCUT2D eigenvalue weighted by Crippen LogP contribution is 2.27. The van der Waals surface area contributed by atoms with Crippen LogP contribution in [0.15, 0.2) is 0 Å². The van der Waals surface area contributed by atoms with E-state index in [1.807, 2.05) is 11.9 Å². The second-order valence-electron chi connectivity index (χ2n) is 3.40. The van der Waals surface area contributed by atoms with Crippen molar-refractivity contribution < 1.29 is 4.79 Å². The summed E-state index contributed by atoms with van der Waals surface area (Å²) >= 11 is 7.13. The van der Waals surface area contributed by atoms with Gasteiger partial charge in [-0.1, -0.05) is 42.7 Å². The molecule has 1 heterocycles. The fourth-order valence-corrected chi connectivity index (χ4v) is 2.28. The zero-order valence-electron chi connectivity index (χ0n) is 8.99. The van der Waals surface area contributed by atoms with E-state index in [0.717, 1.165) is 24.4 Å². The maximum absolute atomic E-state index is 10.6. The van der Waals surface area contributed by atoms with Crippen LogP contribution in [0.3, 0.4) is 0 Å². The van der Waals surface area contributed by atoms with Gasteiger partial charge in [0.1, 0.15) is 4.88 Å². The first-order chi connectivity index (χ1) is 7.19. The maximum atomic E-state index is 10.6. The number of unbranched alkanes of at least 4 members (excludes halogenated alkanes) is 2. The largest absolute Gasteiger partial charge is 0.351 e. The van der Waals surface area contributed by atoms with Crippen LogP contribution in [-0.2, 0) is 0 Å². The Kier molecular flexibility index (Phi) is 5.05. The van der Waals surface area contributed by atoms with Gasteiger partial charge in [0.15, 0.2) is 16.6 Å². The van der Waals surface area contributed by atoms with Gasteiger partial charge in [0.05, 0.1) is 0 Å². The lowest BCUT2D eigenvalue weighted by atomic mass is 10.2. The van der Waals surface area contributed by atoms with Crippen LogP contribution >= 0.6 is 22.9 Å². The van der Waals surface area contributed by atoms with Gasteiger partial charge >= 0.3 is 0 Å². The lowest BCUT2D eigenvalue weighted by Gasteiger charge is -2.14. The molecular formula is C10H15ClN2OS. The minimum Gasteiger partial charge on any atom is -0.351 e. The van der Waals surface area contributed by atoms with Crippen molar-refractivity contribution >= 4 is 34.4 Å². The smallest absolute Gasteiger partial charge is 0.187 e. The van der Waals surface area contributed by atoms with Crippen molar-refractivity contribution in [3.05, 3.63) is 10.0 Å². The van der Waals surface area contributed by atoms with Crippen molar-refractivity contribution in [3.8, 4) is 0 Å². The minimum absolute atomic E-state index is 0.312. The molecule has 5 heteroatoms. The predicted molar refractivity (Wildman–Crippen MR) is 65.3 cm³/mol. The number of rotatable bonds is 6. The van der Waals surface area contributed by atoms with Crippen LogP contribution in [0.5, 0.6) is 0 Å². The Morgan fingerprint density at radius 3 is 2.80 bits per heavy atom. The number of hydrogen-bond acceptors (Lipinski definition) is 4. The molecule has 0 aliphatic rings. The van der Waals surface area contributed by atoms with Gasteiger partial charge in [0, 0.05) is 13.6 Å². The summed E-state index contributed by atoms with van der Waals surface area (Å²) < 4.78 is 0. The van der Waals surface area contributed by atoms with E-state index in [0.29, 0.717) is 10.0 Å². The zero-order valence-corrected chi connectivity index (χ0v) is 10.6. The second-order valence-corrected chi connectivity index (χ2v) is 4.77. The van der Waals surface area contributed by atoms with Crippen molar-refractivity contribution in [1.29, 1.82) is 0 Å². The molecule has 0 radical (unpaired) electrons. The SMILES string of the molecule is CCCCCN(C)c1nc(Cl)c(C=O)s1. The normalized spacial score (nSPS) is 10.3. The van der Waals surface area contributed by atoms with Gasteiger partial charge in [-0.2, -0.15) is 0 Å². The summed E-state index contributed by atoms with van der Waals surface area (Å²) in [5, 5.41) is 1.13. The van der Waals surface area contributed by atoms with Gasteiger partial charge in [-0.05, 0) is 6.42 Å². The summed E-state index contributed by atoms with van der Waals surface area (Å²) in [6.45, 7) is 3.13. The average molecular weight is 247 g/mol. The van der Waals surface area contributed by atoms with Gasteiger partial charge in [0.25, 0.3) is 0 Å². The van der Waals surface area contributed by atoms with E-state index in [9.17, 15) is 4.79 Å². The van der Waals surface area contributed by atoms with E-state index in [4.69, 9.17) is 11.6 Å². The maximum Gasteiger partial charge on any atom is 0.187 e. The summed E-state index contributed by atoms with van der Waals surface area (Å²) in [5.74, 6) is 0. The molecule has 15 heavy (non-hydrogen) atoms. The molecule has 84 valence electrons. The molecule has 0 N–H and O–H groups in total. The Morgan fingerprint density at radius 1 is 1.53 bits per heavy atom. The molecule has 0 aromatic carbocycles. The predicted octanol–water partition coefficient (Wildman–Crippen LogP) is 3.24. The van der Waals surface area contributed by atoms with Crippen LogP contribution in [0.2, 0.25) is 5.15 Å². The summed E-state index contributed by atoms with van der Waals surface area (Å²) in [5.41, 5.74) is 0. The van der Waals surface area contributed by atoms with Crippen LogP contribution in [-0.4, -0.2) is 24.9 Å². The summed E-state index contributed by atoms with van der Waals surface area (Å²) in [7, 11) is 1.97. The number of aromatic nitrogens is 1. The number of aldehydes is 1. The topological polar surface area (TPSA) is 33.2 Å². The highest BCUT2D eigenvalue weighted by Gasteiger charge is 2.11. The highest BCUT2D eigenvalue weighted by atomic mass is 35.5. The Morgan fingerprint density at radius 2 is 2.27 bits per heavy atom. The summed E-state index contributed by atoms with van der Waals surface area (Å²) in [4.78, 5) is 17.3. The third-order valence-corrected chi connectivity index (χ3v) is 3.62. The Bertz CT molecular complexity index is 327. The van der Waals surface area contributed by atoms with Gasteiger partial charge < -0.3 is 4.90 Å². The molecule has 0 unspecified atom stereocenters. The lowest BCUT2D eigenvalue weighted by molar-refractivity contribution is 0.112. The fourth-order valence-electron chi connectivity index (χ4n) is 1.23. The van der Waals surface area contributed by atoms with Crippen molar-refractivity contribution in [1.82, 2.24) is 4.98 Å². The summed E-state index contributed by atoms with van der Waals surface area (Å²) in [6.07, 6.45) is 4.31. The molecule has 0 bridgehead atoms. The molecule has 1 aromatic rings. The monoisotopic (exact) mass is 246 g/mol. The van der Waals surface area contributed by atoms with Crippen molar-refractivity contribution in [2.24, 2.45) is 0 Å². The first-order valence-electron chi connectivity index (χ1n) is 5.01. The number of carbonyl (C=O) groups is 1. The quantitative estimate of drug-likeness (QED) is 0.571. The fraction of sp³-hybridized carbons (Fsp3) is 0.600. The minimum atomic E-state index is 0.312. The molecular weight excluding hydrogens is 232 g/mol. The Hall–Kier alpha value is -0.610. The third-order valence-electron chi connectivity index (χ3n) is 2.13. The molecule has 0 aliphatic carbocycles. The van der Waals surface area contributed by atoms with Crippen molar-refractivity contribution in [2.45, 2.75) is 26.2 Å². The first kappa shape index (κ1) is 12.5. The number of hydrogen-bond donors (Lipinski definition) is 0. The average Bonchev–Trinajstić information content (AvgIpc) is 2.60. The number of anilines is 1. The molecule has 1 rings (SSSR count). The molecule has 0 saturated heterocycles. The number of halogens is 1. The Labute approximate surface area is 99.1 Å². The number of nitrogens with zero attached hydrogens (tertiary/aromatic N) is 2. The van der Waals surface area contributed by atoms with E-state index in [1.54, 1.807) is 0 Å². The molecule has 0 saturated carbocycles. The van der Waals surface area contributed by atoms with Crippen molar-refractivity contribution in [3.63, 3.8) is 0 Å². The molecule has 0 aliphatic heterocycles. The van der Waals surface area contributed by atoms with Crippen LogP contribution in [0.4, 0.5) is 5.13 Å². The van der Waals surface area contributed by atoms with Gasteiger partial charge in [-0.25, -0.2) is 4.98 Å². The number of thiazole rings is 1. The van der Waals surface area contributed by atoms with Gasteiger partial charge in [0.2, 0.25) is 0 Å². The van der Waals surface area contributed by atoms with Crippen LogP contribution < -0.4 is 4.90 Å². The molecule has 3 nitrogen and oxygen atoms in total. The van der Waals surface area contributed by atoms with Crippen LogP contribution in [0.1, 0.15) is 35.9 Å². The molecule has 0 spiro atoms. The Balaban J connectivity index is 2.57. The molecule has 1 aromatic heterocycles. The van der Waals surface area contributed by atoms with E-state index in [-0.39, 0.29) is 0 Å². The van der Waals surface area contributed by atoms with E-state index < -0.39 is 0 Å². The standard InChI is InChI=1S/C10H15ClN2OS/c1-3-4-5-6-13(2)10-12-9(11)8(7-14)15-10/h7H,3-6H2,1-2H3. The molecule has 0 amide bonds. The second kappa shape index (κ2) is 6.08. The third kappa shape index (κ3) is 3.47. The van der Waals surface area contributed by atoms with Crippen LogP contribution in [0, 0.1) is 0 Å². The zero-order chi connectivity index (χ0) is 11.3. The highest BCUT2D eigenvalue weighted by molar-refractivity contribution is 7.17. The van der Waals surface area contributed by atoms with E-state index in [1.165, 1.54) is 24.2 Å². The first-order valence-corrected chi connectivity index (χ1v) is 6.21. The molecule has 0 atom stereocenters. The number of carbonyl (C=O) groups excluding carboxylic acids is 1. The molecule has 0 fully saturated rings. The van der Waals surface area contributed by atoms with Gasteiger partial charge in [-0.15, -0.1) is 0 Å². The summed E-state index contributed by atoms with van der Waals surface area (Å²) in [6, 6.07) is 0. The van der Waals surface area contributed by atoms with E-state index >= 15 is 0 Å². The van der Waals surface area contributed by atoms with Gasteiger partial charge in [-0.3, -0.25) is 4.79 Å². The van der Waals surface area contributed by atoms with Crippen molar-refractivity contribution in [2.75, 3.05) is 18.5 Å². The lowest BCUT2D eigenvalue weighted by Crippen LogP contribution is -2.17. The van der Waals surface area contributed by atoms with E-state index in [2.05, 4.69) is 11.9 Å².